The fourth-order valence-corrected chi connectivity index (χ4v) is 4.70. The molecular weight excluding hydrogens is 519 g/mol. The Hall–Kier alpha value is -3.25. The molecule has 1 unspecified atom stereocenters. The summed E-state index contributed by atoms with van der Waals surface area (Å²) in [5.74, 6) is 2.33. The molecule has 8 heteroatoms. The van der Waals surface area contributed by atoms with Crippen LogP contribution in [0.15, 0.2) is 72.8 Å². The summed E-state index contributed by atoms with van der Waals surface area (Å²) in [5, 5.41) is 4.35. The molecule has 0 saturated carbocycles. The van der Waals surface area contributed by atoms with Crippen LogP contribution in [0.4, 0.5) is 5.82 Å². The van der Waals surface area contributed by atoms with E-state index >= 15 is 0 Å². The molecule has 1 aliphatic rings. The largest absolute Gasteiger partial charge is 0.493 e. The number of anilines is 1. The Morgan fingerprint density at radius 2 is 1.81 bits per heavy atom. The highest BCUT2D eigenvalue weighted by Gasteiger charge is 2.21. The van der Waals surface area contributed by atoms with Crippen molar-refractivity contribution >= 4 is 46.5 Å². The van der Waals surface area contributed by atoms with Gasteiger partial charge in [-0.05, 0) is 78.6 Å². The van der Waals surface area contributed by atoms with Gasteiger partial charge >= 0.3 is 0 Å². The van der Waals surface area contributed by atoms with Crippen molar-refractivity contribution in [3.63, 3.8) is 0 Å². The topological polar surface area (TPSA) is 60.5 Å². The Bertz CT molecular complexity index is 1440. The van der Waals surface area contributed by atoms with Crippen LogP contribution in [0.1, 0.15) is 35.2 Å². The van der Waals surface area contributed by atoms with Crippen molar-refractivity contribution in [2.24, 2.45) is 0 Å². The van der Waals surface area contributed by atoms with Crippen molar-refractivity contribution in [1.82, 2.24) is 4.98 Å². The lowest BCUT2D eigenvalue weighted by atomic mass is 9.95. The van der Waals surface area contributed by atoms with Crippen LogP contribution in [0.5, 0.6) is 17.2 Å². The first-order valence-corrected chi connectivity index (χ1v) is 12.5. The van der Waals surface area contributed by atoms with E-state index in [4.69, 9.17) is 44.3 Å². The molecule has 1 aliphatic heterocycles. The minimum Gasteiger partial charge on any atom is -0.493 e. The fraction of sp³-hybridized carbons (Fsp3) is 0.143. The first kappa shape index (κ1) is 24.4. The van der Waals surface area contributed by atoms with Gasteiger partial charge in [-0.2, -0.15) is 0 Å². The highest BCUT2D eigenvalue weighted by Crippen LogP contribution is 2.41. The van der Waals surface area contributed by atoms with Gasteiger partial charge in [-0.25, -0.2) is 4.98 Å². The van der Waals surface area contributed by atoms with Crippen LogP contribution in [0.3, 0.4) is 0 Å². The molecule has 1 atom stereocenters. The average Bonchev–Trinajstić information content (AvgIpc) is 2.86. The van der Waals surface area contributed by atoms with Gasteiger partial charge in [-0.1, -0.05) is 47.8 Å². The van der Waals surface area contributed by atoms with Crippen LogP contribution in [0.2, 0.25) is 15.1 Å². The third-order valence-electron chi connectivity index (χ3n) is 5.95. The van der Waals surface area contributed by atoms with Crippen molar-refractivity contribution in [1.29, 1.82) is 0 Å². The SMILES string of the molecule is CC1CCOc2cc(Oc3ccc(C(=O)Nc4cccc(-c5ccc(Cl)cc5Cl)n4)cc3)c(Cl)cc21. The number of pyridine rings is 1. The van der Waals surface area contributed by atoms with Crippen molar-refractivity contribution in [3.05, 3.63) is 99.0 Å². The molecule has 182 valence electrons. The van der Waals surface area contributed by atoms with E-state index < -0.39 is 0 Å². The summed E-state index contributed by atoms with van der Waals surface area (Å²) in [6.07, 6.45) is 0.960. The van der Waals surface area contributed by atoms with E-state index in [1.165, 1.54) is 0 Å². The lowest BCUT2D eigenvalue weighted by Gasteiger charge is -2.24. The molecule has 5 nitrogen and oxygen atoms in total. The zero-order valence-corrected chi connectivity index (χ0v) is 21.5. The maximum Gasteiger partial charge on any atom is 0.256 e. The third kappa shape index (κ3) is 5.29. The van der Waals surface area contributed by atoms with Gasteiger partial charge in [0.1, 0.15) is 23.1 Å². The van der Waals surface area contributed by atoms with Gasteiger partial charge < -0.3 is 14.8 Å². The number of rotatable bonds is 5. The summed E-state index contributed by atoms with van der Waals surface area (Å²) in [6.45, 7) is 2.82. The predicted molar refractivity (Wildman–Crippen MR) is 144 cm³/mol. The second-order valence-electron chi connectivity index (χ2n) is 8.47. The second-order valence-corrected chi connectivity index (χ2v) is 9.72. The molecule has 0 aliphatic carbocycles. The standard InChI is InChI=1S/C28H21Cl3N2O3/c1-16-11-12-35-25-15-26(23(31)14-21(16)25)36-19-8-5-17(6-9-19)28(34)33-27-4-2-3-24(32-27)20-10-7-18(29)13-22(20)30/h2-10,13-16H,11-12H2,1H3,(H,32,33,34). The maximum absolute atomic E-state index is 12.8. The van der Waals surface area contributed by atoms with E-state index in [1.807, 2.05) is 18.2 Å². The van der Waals surface area contributed by atoms with E-state index in [9.17, 15) is 4.79 Å². The molecule has 1 N–H and O–H groups in total. The van der Waals surface area contributed by atoms with Gasteiger partial charge in [0.25, 0.3) is 5.91 Å². The van der Waals surface area contributed by atoms with Crippen molar-refractivity contribution in [2.45, 2.75) is 19.3 Å². The molecule has 0 spiro atoms. The number of halogens is 3. The van der Waals surface area contributed by atoms with Crippen LogP contribution < -0.4 is 14.8 Å². The lowest BCUT2D eigenvalue weighted by Crippen LogP contribution is -2.13. The van der Waals surface area contributed by atoms with E-state index in [-0.39, 0.29) is 5.91 Å². The van der Waals surface area contributed by atoms with Crippen LogP contribution in [-0.2, 0) is 0 Å². The van der Waals surface area contributed by atoms with Crippen LogP contribution in [0, 0.1) is 0 Å². The number of nitrogens with one attached hydrogen (secondary N) is 1. The Morgan fingerprint density at radius 3 is 2.58 bits per heavy atom. The molecule has 1 aromatic heterocycles. The number of carbonyl (C=O) groups is 1. The summed E-state index contributed by atoms with van der Waals surface area (Å²) in [4.78, 5) is 17.3. The summed E-state index contributed by atoms with van der Waals surface area (Å²) in [7, 11) is 0. The maximum atomic E-state index is 12.8. The number of hydrogen-bond acceptors (Lipinski definition) is 4. The molecule has 4 aromatic rings. The number of ether oxygens (including phenoxy) is 2. The molecule has 0 saturated heterocycles. The van der Waals surface area contributed by atoms with Crippen LogP contribution in [-0.4, -0.2) is 17.5 Å². The predicted octanol–water partition coefficient (Wildman–Crippen LogP) is 8.64. The molecule has 0 radical (unpaired) electrons. The Kier molecular flexibility index (Phi) is 7.06. The zero-order chi connectivity index (χ0) is 25.2. The van der Waals surface area contributed by atoms with E-state index in [2.05, 4.69) is 17.2 Å². The van der Waals surface area contributed by atoms with Gasteiger partial charge in [-0.15, -0.1) is 0 Å². The molecule has 5 rings (SSSR count). The number of hydrogen-bond donors (Lipinski definition) is 1. The second kappa shape index (κ2) is 10.4. The first-order chi connectivity index (χ1) is 17.4. The minimum atomic E-state index is -0.303. The lowest BCUT2D eigenvalue weighted by molar-refractivity contribution is 0.102. The smallest absolute Gasteiger partial charge is 0.256 e. The van der Waals surface area contributed by atoms with Crippen LogP contribution >= 0.6 is 34.8 Å². The van der Waals surface area contributed by atoms with Crippen molar-refractivity contribution < 1.29 is 14.3 Å². The normalized spacial score (nSPS) is 14.5. The minimum absolute atomic E-state index is 0.303. The highest BCUT2D eigenvalue weighted by atomic mass is 35.5. The zero-order valence-electron chi connectivity index (χ0n) is 19.2. The number of carbonyl (C=O) groups excluding carboxylic acids is 1. The molecule has 0 bridgehead atoms. The van der Waals surface area contributed by atoms with E-state index in [0.29, 0.717) is 56.2 Å². The highest BCUT2D eigenvalue weighted by molar-refractivity contribution is 6.36. The van der Waals surface area contributed by atoms with Crippen molar-refractivity contribution in [3.8, 4) is 28.5 Å². The molecular formula is C28H21Cl3N2O3. The average molecular weight is 540 g/mol. The number of fused-ring (bicyclic) bond motifs is 1. The molecule has 3 aromatic carbocycles. The number of amides is 1. The van der Waals surface area contributed by atoms with Gasteiger partial charge in [0.05, 0.1) is 22.3 Å². The fourth-order valence-electron chi connectivity index (χ4n) is 3.98. The molecule has 36 heavy (non-hydrogen) atoms. The summed E-state index contributed by atoms with van der Waals surface area (Å²) in [5.41, 5.74) is 2.88. The number of nitrogens with zero attached hydrogens (tertiary/aromatic N) is 1. The Balaban J connectivity index is 1.29. The van der Waals surface area contributed by atoms with Gasteiger partial charge in [0.15, 0.2) is 0 Å². The summed E-state index contributed by atoms with van der Waals surface area (Å²) < 4.78 is 11.7. The number of benzene rings is 3. The monoisotopic (exact) mass is 538 g/mol. The van der Waals surface area contributed by atoms with Crippen LogP contribution in [0.25, 0.3) is 11.3 Å². The van der Waals surface area contributed by atoms with Gasteiger partial charge in [0.2, 0.25) is 0 Å². The summed E-state index contributed by atoms with van der Waals surface area (Å²) in [6, 6.07) is 21.0. The van der Waals surface area contributed by atoms with E-state index in [1.54, 1.807) is 54.6 Å². The third-order valence-corrected chi connectivity index (χ3v) is 6.79. The quantitative estimate of drug-likeness (QED) is 0.276. The van der Waals surface area contributed by atoms with Gasteiger partial charge in [-0.3, -0.25) is 4.79 Å². The molecule has 0 fully saturated rings. The van der Waals surface area contributed by atoms with E-state index in [0.717, 1.165) is 23.3 Å². The Labute approximate surface area is 223 Å². The number of aromatic nitrogens is 1. The molecule has 1 amide bonds. The Morgan fingerprint density at radius 1 is 1.00 bits per heavy atom. The first-order valence-electron chi connectivity index (χ1n) is 11.4. The molecule has 2 heterocycles. The van der Waals surface area contributed by atoms with Gasteiger partial charge in [0, 0.05) is 22.2 Å². The summed E-state index contributed by atoms with van der Waals surface area (Å²) >= 11 is 18.7. The van der Waals surface area contributed by atoms with Crippen molar-refractivity contribution in [2.75, 3.05) is 11.9 Å².